The minimum atomic E-state index is -0.528. The molecule has 0 aliphatic rings. The van der Waals surface area contributed by atoms with Crippen molar-refractivity contribution in [1.82, 2.24) is 8.75 Å². The highest BCUT2D eigenvalue weighted by atomic mass is 32.1. The Balaban J connectivity index is 2.16. The van der Waals surface area contributed by atoms with Gasteiger partial charge >= 0.3 is 0 Å². The molecule has 1 amide bonds. The minimum Gasteiger partial charge on any atom is -0.320 e. The molecule has 8 heteroatoms. The van der Waals surface area contributed by atoms with E-state index in [1.807, 2.05) is 0 Å². The van der Waals surface area contributed by atoms with Gasteiger partial charge in [0, 0.05) is 17.8 Å². The van der Waals surface area contributed by atoms with Gasteiger partial charge in [0.15, 0.2) is 5.69 Å². The number of nitrogens with one attached hydrogen (secondary N) is 1. The fourth-order valence-corrected chi connectivity index (χ4v) is 1.57. The van der Waals surface area contributed by atoms with E-state index in [4.69, 9.17) is 0 Å². The highest BCUT2D eigenvalue weighted by Gasteiger charge is 2.11. The number of aromatic nitrogens is 2. The van der Waals surface area contributed by atoms with Gasteiger partial charge in [0.2, 0.25) is 0 Å². The van der Waals surface area contributed by atoms with E-state index >= 15 is 0 Å². The first-order chi connectivity index (χ1) is 8.16. The second-order valence-corrected chi connectivity index (χ2v) is 3.61. The lowest BCUT2D eigenvalue weighted by atomic mass is 10.2. The molecule has 0 atom stereocenters. The van der Waals surface area contributed by atoms with E-state index in [2.05, 4.69) is 14.1 Å². The Kier molecular flexibility index (Phi) is 3.06. The predicted molar refractivity (Wildman–Crippen MR) is 61.0 cm³/mol. The number of nitrogens with zero attached hydrogens (tertiary/aromatic N) is 3. The van der Waals surface area contributed by atoms with Crippen LogP contribution in [0.15, 0.2) is 30.5 Å². The Labute approximate surface area is 99.6 Å². The maximum absolute atomic E-state index is 11.6. The summed E-state index contributed by atoms with van der Waals surface area (Å²) in [6.45, 7) is 0. The summed E-state index contributed by atoms with van der Waals surface area (Å²) >= 11 is 0.917. The third kappa shape index (κ3) is 2.61. The second-order valence-electron chi connectivity index (χ2n) is 3.05. The third-order valence-corrected chi connectivity index (χ3v) is 2.39. The van der Waals surface area contributed by atoms with Gasteiger partial charge in [-0.3, -0.25) is 14.9 Å². The third-order valence-electron chi connectivity index (χ3n) is 1.91. The van der Waals surface area contributed by atoms with Crippen molar-refractivity contribution in [1.29, 1.82) is 0 Å². The fourth-order valence-electron chi connectivity index (χ4n) is 1.16. The highest BCUT2D eigenvalue weighted by molar-refractivity contribution is 6.99. The Hall–Kier alpha value is -2.35. The van der Waals surface area contributed by atoms with Crippen LogP contribution < -0.4 is 5.32 Å². The number of amides is 1. The van der Waals surface area contributed by atoms with Crippen LogP contribution in [-0.2, 0) is 0 Å². The van der Waals surface area contributed by atoms with E-state index in [1.54, 1.807) is 6.07 Å². The lowest BCUT2D eigenvalue weighted by molar-refractivity contribution is -0.384. The molecule has 0 aliphatic carbocycles. The van der Waals surface area contributed by atoms with Gasteiger partial charge in [0.1, 0.15) is 0 Å². The van der Waals surface area contributed by atoms with Crippen molar-refractivity contribution < 1.29 is 9.72 Å². The molecule has 0 spiro atoms. The van der Waals surface area contributed by atoms with Crippen LogP contribution in [0.1, 0.15) is 10.5 Å². The van der Waals surface area contributed by atoms with E-state index in [0.29, 0.717) is 5.69 Å². The van der Waals surface area contributed by atoms with Gasteiger partial charge in [-0.2, -0.15) is 8.75 Å². The molecule has 1 heterocycles. The van der Waals surface area contributed by atoms with Gasteiger partial charge in [-0.1, -0.05) is 6.07 Å². The molecule has 86 valence electrons. The molecule has 2 aromatic rings. The van der Waals surface area contributed by atoms with Crippen molar-refractivity contribution in [2.75, 3.05) is 5.32 Å². The summed E-state index contributed by atoms with van der Waals surface area (Å²) < 4.78 is 7.45. The topological polar surface area (TPSA) is 98.0 Å². The minimum absolute atomic E-state index is 0.0841. The van der Waals surface area contributed by atoms with Crippen LogP contribution in [0.4, 0.5) is 11.4 Å². The molecule has 1 aromatic carbocycles. The molecule has 0 aliphatic heterocycles. The second kappa shape index (κ2) is 4.66. The Morgan fingerprint density at radius 1 is 1.47 bits per heavy atom. The van der Waals surface area contributed by atoms with Gasteiger partial charge in [-0.25, -0.2) is 0 Å². The molecule has 7 nitrogen and oxygen atoms in total. The zero-order chi connectivity index (χ0) is 12.3. The monoisotopic (exact) mass is 250 g/mol. The van der Waals surface area contributed by atoms with Gasteiger partial charge in [0.05, 0.1) is 22.8 Å². The van der Waals surface area contributed by atoms with Crippen LogP contribution in [-0.4, -0.2) is 19.6 Å². The molecule has 1 N–H and O–H groups in total. The van der Waals surface area contributed by atoms with E-state index in [1.165, 1.54) is 24.4 Å². The molecule has 0 fully saturated rings. The smallest absolute Gasteiger partial charge is 0.277 e. The van der Waals surface area contributed by atoms with Gasteiger partial charge < -0.3 is 5.32 Å². The molecule has 0 saturated carbocycles. The van der Waals surface area contributed by atoms with Gasteiger partial charge in [0.25, 0.3) is 11.6 Å². The SMILES string of the molecule is O=C(Nc1cccc([N+](=O)[O-])c1)c1cnsn1. The number of hydrogen-bond acceptors (Lipinski definition) is 6. The average Bonchev–Trinajstić information content (AvgIpc) is 2.82. The summed E-state index contributed by atoms with van der Waals surface area (Å²) in [6.07, 6.45) is 1.33. The van der Waals surface area contributed by atoms with Crippen molar-refractivity contribution >= 4 is 29.0 Å². The normalized spacial score (nSPS) is 9.88. The molecule has 1 aromatic heterocycles. The number of hydrogen-bond donors (Lipinski definition) is 1. The quantitative estimate of drug-likeness (QED) is 0.660. The molecule has 0 saturated heterocycles. The maximum Gasteiger partial charge on any atom is 0.277 e. The Bertz CT molecular complexity index is 555. The number of benzene rings is 1. The summed E-state index contributed by atoms with van der Waals surface area (Å²) in [5, 5.41) is 13.0. The van der Waals surface area contributed by atoms with Crippen molar-refractivity contribution in [3.63, 3.8) is 0 Å². The van der Waals surface area contributed by atoms with Crippen LogP contribution >= 0.6 is 11.7 Å². The number of rotatable bonds is 3. The number of nitro groups is 1. The zero-order valence-electron chi connectivity index (χ0n) is 8.36. The molecule has 0 unspecified atom stereocenters. The lowest BCUT2D eigenvalue weighted by Crippen LogP contribution is -2.12. The first-order valence-corrected chi connectivity index (χ1v) is 5.23. The Morgan fingerprint density at radius 2 is 2.29 bits per heavy atom. The molecule has 17 heavy (non-hydrogen) atoms. The number of carbonyl (C=O) groups excluding carboxylic acids is 1. The summed E-state index contributed by atoms with van der Waals surface area (Å²) in [4.78, 5) is 21.6. The van der Waals surface area contributed by atoms with E-state index in [0.717, 1.165) is 11.7 Å². The van der Waals surface area contributed by atoms with Crippen LogP contribution in [0.5, 0.6) is 0 Å². The Morgan fingerprint density at radius 3 is 2.94 bits per heavy atom. The summed E-state index contributed by atoms with van der Waals surface area (Å²) in [6, 6.07) is 5.68. The number of non-ortho nitro benzene ring substituents is 1. The van der Waals surface area contributed by atoms with Crippen molar-refractivity contribution in [3.05, 3.63) is 46.3 Å². The van der Waals surface area contributed by atoms with E-state index < -0.39 is 10.8 Å². The molecule has 2 rings (SSSR count). The molecule has 0 bridgehead atoms. The summed E-state index contributed by atoms with van der Waals surface area (Å²) in [5.74, 6) is -0.445. The molecule has 0 radical (unpaired) electrons. The lowest BCUT2D eigenvalue weighted by Gasteiger charge is -2.01. The molecular weight excluding hydrogens is 244 g/mol. The largest absolute Gasteiger partial charge is 0.320 e. The van der Waals surface area contributed by atoms with E-state index in [9.17, 15) is 14.9 Å². The average molecular weight is 250 g/mol. The zero-order valence-corrected chi connectivity index (χ0v) is 9.18. The van der Waals surface area contributed by atoms with Gasteiger partial charge in [-0.05, 0) is 6.07 Å². The van der Waals surface area contributed by atoms with Crippen LogP contribution in [0.2, 0.25) is 0 Å². The van der Waals surface area contributed by atoms with Crippen molar-refractivity contribution in [3.8, 4) is 0 Å². The summed E-state index contributed by atoms with van der Waals surface area (Å²) in [5.41, 5.74) is 0.443. The predicted octanol–water partition coefficient (Wildman–Crippen LogP) is 1.70. The summed E-state index contributed by atoms with van der Waals surface area (Å²) in [7, 11) is 0. The number of anilines is 1. The first-order valence-electron chi connectivity index (χ1n) is 4.50. The maximum atomic E-state index is 11.6. The van der Waals surface area contributed by atoms with Crippen LogP contribution in [0.25, 0.3) is 0 Å². The van der Waals surface area contributed by atoms with Crippen molar-refractivity contribution in [2.24, 2.45) is 0 Å². The van der Waals surface area contributed by atoms with Crippen molar-refractivity contribution in [2.45, 2.75) is 0 Å². The first kappa shape index (κ1) is 11.1. The van der Waals surface area contributed by atoms with Gasteiger partial charge in [-0.15, -0.1) is 0 Å². The number of nitro benzene ring substituents is 1. The fraction of sp³-hybridized carbons (Fsp3) is 0. The van der Waals surface area contributed by atoms with E-state index in [-0.39, 0.29) is 11.4 Å². The molecular formula is C9H6N4O3S. The van der Waals surface area contributed by atoms with Crippen LogP contribution in [0.3, 0.4) is 0 Å². The highest BCUT2D eigenvalue weighted by Crippen LogP contribution is 2.17. The standard InChI is InChI=1S/C9H6N4O3S/c14-9(8-5-10-17-12-8)11-6-2-1-3-7(4-6)13(15)16/h1-5H,(H,11,14). The van der Waals surface area contributed by atoms with Crippen LogP contribution in [0, 0.1) is 10.1 Å². The number of carbonyl (C=O) groups is 1.